The van der Waals surface area contributed by atoms with Crippen LogP contribution in [0.4, 0.5) is 0 Å². The second-order valence-corrected chi connectivity index (χ2v) is 3.13. The third-order valence-electron chi connectivity index (χ3n) is 1.83. The van der Waals surface area contributed by atoms with Crippen LogP contribution in [0.2, 0.25) is 0 Å². The van der Waals surface area contributed by atoms with Crippen LogP contribution >= 0.6 is 0 Å². The molecule has 0 aromatic heterocycles. The number of ether oxygens (including phenoxy) is 3. The highest BCUT2D eigenvalue weighted by molar-refractivity contribution is 4.59. The summed E-state index contributed by atoms with van der Waals surface area (Å²) in [7, 11) is 3.37. The third kappa shape index (κ3) is 8.44. The van der Waals surface area contributed by atoms with Crippen LogP contribution in [0.15, 0.2) is 0 Å². The summed E-state index contributed by atoms with van der Waals surface area (Å²) in [6.07, 6.45) is 1.20. The smallest absolute Gasteiger partial charge is 0.0928 e. The first-order chi connectivity index (χ1) is 6.85. The van der Waals surface area contributed by atoms with E-state index in [1.165, 1.54) is 0 Å². The third-order valence-corrected chi connectivity index (χ3v) is 1.83. The lowest BCUT2D eigenvalue weighted by atomic mass is 10.3. The van der Waals surface area contributed by atoms with Crippen molar-refractivity contribution in [2.24, 2.45) is 0 Å². The lowest BCUT2D eigenvalue weighted by Gasteiger charge is -2.14. The van der Waals surface area contributed by atoms with Gasteiger partial charge in [0.1, 0.15) is 0 Å². The van der Waals surface area contributed by atoms with Crippen LogP contribution in [0.3, 0.4) is 0 Å². The lowest BCUT2D eigenvalue weighted by molar-refractivity contribution is 0.0276. The molecule has 1 atom stereocenters. The van der Waals surface area contributed by atoms with Crippen LogP contribution in [0.25, 0.3) is 0 Å². The highest BCUT2D eigenvalue weighted by atomic mass is 16.5. The van der Waals surface area contributed by atoms with Gasteiger partial charge in [0.15, 0.2) is 0 Å². The quantitative estimate of drug-likeness (QED) is 0.532. The van der Waals surface area contributed by atoms with Gasteiger partial charge >= 0.3 is 0 Å². The molecule has 86 valence electrons. The first kappa shape index (κ1) is 13.8. The Morgan fingerprint density at radius 3 is 2.57 bits per heavy atom. The predicted octanol–water partition coefficient (Wildman–Crippen LogP) is 0.664. The summed E-state index contributed by atoms with van der Waals surface area (Å²) in [5.41, 5.74) is 0. The topological polar surface area (TPSA) is 39.7 Å². The number of rotatable bonds is 10. The van der Waals surface area contributed by atoms with Crippen LogP contribution < -0.4 is 5.32 Å². The van der Waals surface area contributed by atoms with Crippen molar-refractivity contribution in [3.05, 3.63) is 0 Å². The molecule has 0 aliphatic carbocycles. The monoisotopic (exact) mass is 205 g/mol. The normalized spacial score (nSPS) is 13.1. The standard InChI is InChI=1S/C10H23NO3/c1-4-6-14-7-5-11-8-10(13-3)9-12-2/h10-11H,4-9H2,1-3H3. The first-order valence-corrected chi connectivity index (χ1v) is 5.15. The Bertz CT molecular complexity index is 112. The molecule has 0 amide bonds. The minimum Gasteiger partial charge on any atom is -0.382 e. The fourth-order valence-electron chi connectivity index (χ4n) is 1.05. The van der Waals surface area contributed by atoms with E-state index in [0.717, 1.165) is 32.7 Å². The summed E-state index contributed by atoms with van der Waals surface area (Å²) in [5.74, 6) is 0. The zero-order chi connectivity index (χ0) is 10.6. The largest absolute Gasteiger partial charge is 0.382 e. The maximum atomic E-state index is 5.32. The zero-order valence-electron chi connectivity index (χ0n) is 9.54. The van der Waals surface area contributed by atoms with Gasteiger partial charge in [-0.05, 0) is 6.42 Å². The van der Waals surface area contributed by atoms with Crippen molar-refractivity contribution in [2.75, 3.05) is 47.1 Å². The summed E-state index contributed by atoms with van der Waals surface area (Å²) < 4.78 is 15.5. The molecule has 0 aliphatic heterocycles. The average molecular weight is 205 g/mol. The molecule has 0 aromatic rings. The Balaban J connectivity index is 3.15. The van der Waals surface area contributed by atoms with Crippen molar-refractivity contribution < 1.29 is 14.2 Å². The highest BCUT2D eigenvalue weighted by Gasteiger charge is 2.04. The van der Waals surface area contributed by atoms with E-state index in [9.17, 15) is 0 Å². The van der Waals surface area contributed by atoms with E-state index in [0.29, 0.717) is 6.61 Å². The van der Waals surface area contributed by atoms with Crippen molar-refractivity contribution >= 4 is 0 Å². The van der Waals surface area contributed by atoms with Crippen LogP contribution in [0.5, 0.6) is 0 Å². The molecule has 0 heterocycles. The van der Waals surface area contributed by atoms with Gasteiger partial charge in [0.25, 0.3) is 0 Å². The van der Waals surface area contributed by atoms with Crippen LogP contribution in [0.1, 0.15) is 13.3 Å². The molecule has 1 N–H and O–H groups in total. The molecule has 4 heteroatoms. The van der Waals surface area contributed by atoms with Gasteiger partial charge in [-0.15, -0.1) is 0 Å². The zero-order valence-corrected chi connectivity index (χ0v) is 9.54. The Morgan fingerprint density at radius 1 is 1.21 bits per heavy atom. The molecule has 4 nitrogen and oxygen atoms in total. The van der Waals surface area contributed by atoms with Crippen molar-refractivity contribution in [3.63, 3.8) is 0 Å². The maximum Gasteiger partial charge on any atom is 0.0928 e. The Morgan fingerprint density at radius 2 is 2.00 bits per heavy atom. The van der Waals surface area contributed by atoms with E-state index in [4.69, 9.17) is 14.2 Å². The molecule has 0 fully saturated rings. The average Bonchev–Trinajstić information content (AvgIpc) is 2.21. The Kier molecular flexibility index (Phi) is 10.8. The molecule has 0 bridgehead atoms. The second kappa shape index (κ2) is 10.9. The van der Waals surface area contributed by atoms with Crippen molar-refractivity contribution in [1.82, 2.24) is 5.32 Å². The molecular weight excluding hydrogens is 182 g/mol. The molecule has 1 unspecified atom stereocenters. The lowest BCUT2D eigenvalue weighted by Crippen LogP contribution is -2.33. The molecule has 0 aliphatic rings. The molecule has 0 saturated heterocycles. The van der Waals surface area contributed by atoms with Gasteiger partial charge in [0.05, 0.1) is 19.3 Å². The molecule has 0 spiro atoms. The SMILES string of the molecule is CCCOCCNCC(COC)OC. The van der Waals surface area contributed by atoms with Crippen molar-refractivity contribution in [1.29, 1.82) is 0 Å². The number of methoxy groups -OCH3 is 2. The summed E-state index contributed by atoms with van der Waals surface area (Å²) in [6.45, 7) is 6.00. The van der Waals surface area contributed by atoms with E-state index < -0.39 is 0 Å². The fraction of sp³-hybridized carbons (Fsp3) is 1.00. The van der Waals surface area contributed by atoms with E-state index in [1.807, 2.05) is 0 Å². The Labute approximate surface area is 86.9 Å². The Hall–Kier alpha value is -0.160. The van der Waals surface area contributed by atoms with Crippen LogP contribution in [-0.2, 0) is 14.2 Å². The van der Waals surface area contributed by atoms with Gasteiger partial charge in [-0.1, -0.05) is 6.92 Å². The van der Waals surface area contributed by atoms with Gasteiger partial charge < -0.3 is 19.5 Å². The van der Waals surface area contributed by atoms with Crippen molar-refractivity contribution in [3.8, 4) is 0 Å². The van der Waals surface area contributed by atoms with Gasteiger partial charge in [-0.3, -0.25) is 0 Å². The minimum absolute atomic E-state index is 0.131. The highest BCUT2D eigenvalue weighted by Crippen LogP contribution is 1.88. The number of hydrogen-bond acceptors (Lipinski definition) is 4. The predicted molar refractivity (Wildman–Crippen MR) is 56.7 cm³/mol. The van der Waals surface area contributed by atoms with E-state index >= 15 is 0 Å². The summed E-state index contributed by atoms with van der Waals surface area (Å²) in [5, 5.41) is 3.25. The van der Waals surface area contributed by atoms with Gasteiger partial charge in [-0.25, -0.2) is 0 Å². The molecule has 14 heavy (non-hydrogen) atoms. The fourth-order valence-corrected chi connectivity index (χ4v) is 1.05. The van der Waals surface area contributed by atoms with E-state index in [1.54, 1.807) is 14.2 Å². The van der Waals surface area contributed by atoms with Crippen LogP contribution in [-0.4, -0.2) is 53.2 Å². The summed E-state index contributed by atoms with van der Waals surface area (Å²) >= 11 is 0. The molecule has 0 rings (SSSR count). The minimum atomic E-state index is 0.131. The molecule has 0 radical (unpaired) electrons. The molecule has 0 aromatic carbocycles. The summed E-state index contributed by atoms with van der Waals surface area (Å²) in [4.78, 5) is 0. The van der Waals surface area contributed by atoms with Gasteiger partial charge in [0.2, 0.25) is 0 Å². The maximum absolute atomic E-state index is 5.32. The number of hydrogen-bond donors (Lipinski definition) is 1. The molecular formula is C10H23NO3. The molecule has 0 saturated carbocycles. The van der Waals surface area contributed by atoms with Crippen LogP contribution in [0, 0.1) is 0 Å². The summed E-state index contributed by atoms with van der Waals surface area (Å²) in [6, 6.07) is 0. The first-order valence-electron chi connectivity index (χ1n) is 5.15. The second-order valence-electron chi connectivity index (χ2n) is 3.13. The van der Waals surface area contributed by atoms with E-state index in [-0.39, 0.29) is 6.10 Å². The van der Waals surface area contributed by atoms with Gasteiger partial charge in [-0.2, -0.15) is 0 Å². The van der Waals surface area contributed by atoms with E-state index in [2.05, 4.69) is 12.2 Å². The van der Waals surface area contributed by atoms with Gasteiger partial charge in [0, 0.05) is 33.9 Å². The number of nitrogens with one attached hydrogen (secondary N) is 1. The van der Waals surface area contributed by atoms with Crippen molar-refractivity contribution in [2.45, 2.75) is 19.4 Å².